The van der Waals surface area contributed by atoms with Gasteiger partial charge in [0.25, 0.3) is 0 Å². The van der Waals surface area contributed by atoms with Gasteiger partial charge >= 0.3 is 6.09 Å². The van der Waals surface area contributed by atoms with Crippen LogP contribution in [0.2, 0.25) is 0 Å². The second-order valence-corrected chi connectivity index (χ2v) is 10.4. The highest BCUT2D eigenvalue weighted by atomic mass is 16.6. The van der Waals surface area contributed by atoms with E-state index in [1.807, 2.05) is 20.8 Å². The quantitative estimate of drug-likeness (QED) is 0.309. The molecule has 0 unspecified atom stereocenters. The number of benzene rings is 1. The lowest BCUT2D eigenvalue weighted by molar-refractivity contribution is -0.116. The Bertz CT molecular complexity index is 1560. The molecule has 13 heteroatoms. The summed E-state index contributed by atoms with van der Waals surface area (Å²) in [5.74, 6) is 1.75. The van der Waals surface area contributed by atoms with Crippen LogP contribution < -0.4 is 24.4 Å². The number of rotatable bonds is 9. The van der Waals surface area contributed by atoms with Gasteiger partial charge in [0.2, 0.25) is 11.8 Å². The van der Waals surface area contributed by atoms with Crippen LogP contribution in [0.1, 0.15) is 33.6 Å². The third-order valence-electron chi connectivity index (χ3n) is 6.03. The first-order chi connectivity index (χ1) is 19.6. The number of hydrogen-bond donors (Lipinski definition) is 1. The van der Waals surface area contributed by atoms with Crippen molar-refractivity contribution < 1.29 is 28.5 Å². The number of amides is 2. The molecule has 0 saturated heterocycles. The average Bonchev–Trinajstić information content (AvgIpc) is 3.66. The van der Waals surface area contributed by atoms with E-state index < -0.39 is 11.7 Å². The zero-order valence-electron chi connectivity index (χ0n) is 23.5. The SMILES string of the molecule is COc1cc2ncnc(Oc3cnn(CC(=O)Nc4ccc(N(C(=O)OC(C)(C)C)C5CC5)cn4)c3)c2cc1OC. The summed E-state index contributed by atoms with van der Waals surface area (Å²) >= 11 is 0. The summed E-state index contributed by atoms with van der Waals surface area (Å²) in [7, 11) is 3.09. The molecule has 0 atom stereocenters. The van der Waals surface area contributed by atoms with Crippen molar-refractivity contribution in [1.82, 2.24) is 24.7 Å². The highest BCUT2D eigenvalue weighted by molar-refractivity contribution is 5.91. The number of nitrogens with zero attached hydrogens (tertiary/aromatic N) is 6. The highest BCUT2D eigenvalue weighted by Crippen LogP contribution is 2.36. The first kappa shape index (κ1) is 27.6. The molecule has 1 fully saturated rings. The first-order valence-electron chi connectivity index (χ1n) is 13.0. The third-order valence-corrected chi connectivity index (χ3v) is 6.03. The number of carbonyl (C=O) groups is 2. The number of hydrogen-bond acceptors (Lipinski definition) is 10. The maximum absolute atomic E-state index is 12.7. The van der Waals surface area contributed by atoms with E-state index in [-0.39, 0.29) is 18.5 Å². The third kappa shape index (κ3) is 6.62. The lowest BCUT2D eigenvalue weighted by Crippen LogP contribution is -2.38. The Morgan fingerprint density at radius 3 is 2.46 bits per heavy atom. The number of fused-ring (bicyclic) bond motifs is 1. The van der Waals surface area contributed by atoms with E-state index in [0.29, 0.717) is 45.5 Å². The normalized spacial score (nSPS) is 13.0. The van der Waals surface area contributed by atoms with Crippen molar-refractivity contribution in [3.63, 3.8) is 0 Å². The molecule has 5 rings (SSSR count). The van der Waals surface area contributed by atoms with E-state index in [0.717, 1.165) is 12.8 Å². The van der Waals surface area contributed by atoms with E-state index in [2.05, 4.69) is 25.4 Å². The second-order valence-electron chi connectivity index (χ2n) is 10.4. The number of anilines is 2. The van der Waals surface area contributed by atoms with Crippen molar-refractivity contribution in [3.8, 4) is 23.1 Å². The van der Waals surface area contributed by atoms with Gasteiger partial charge in [0.05, 0.1) is 49.4 Å². The fourth-order valence-corrected chi connectivity index (χ4v) is 4.08. The molecule has 2 amide bonds. The largest absolute Gasteiger partial charge is 0.493 e. The van der Waals surface area contributed by atoms with Gasteiger partial charge in [0, 0.05) is 12.1 Å². The van der Waals surface area contributed by atoms with Gasteiger partial charge in [-0.05, 0) is 51.8 Å². The van der Waals surface area contributed by atoms with Gasteiger partial charge in [0.15, 0.2) is 17.2 Å². The predicted octanol–water partition coefficient (Wildman–Crippen LogP) is 4.57. The molecule has 3 aromatic heterocycles. The number of ether oxygens (including phenoxy) is 4. The van der Waals surface area contributed by atoms with E-state index in [9.17, 15) is 9.59 Å². The molecule has 1 aliphatic rings. The van der Waals surface area contributed by atoms with Crippen LogP contribution in [0.4, 0.5) is 16.3 Å². The highest BCUT2D eigenvalue weighted by Gasteiger charge is 2.36. The molecule has 1 saturated carbocycles. The van der Waals surface area contributed by atoms with Gasteiger partial charge in [-0.3, -0.25) is 14.4 Å². The monoisotopic (exact) mass is 561 g/mol. The zero-order chi connectivity index (χ0) is 29.1. The topological polar surface area (TPSA) is 143 Å². The summed E-state index contributed by atoms with van der Waals surface area (Å²) in [4.78, 5) is 39.8. The van der Waals surface area contributed by atoms with Gasteiger partial charge < -0.3 is 24.3 Å². The smallest absolute Gasteiger partial charge is 0.415 e. The number of aromatic nitrogens is 5. The number of nitrogens with one attached hydrogen (secondary N) is 1. The van der Waals surface area contributed by atoms with Crippen LogP contribution in [-0.4, -0.2) is 62.6 Å². The Morgan fingerprint density at radius 1 is 1.05 bits per heavy atom. The van der Waals surface area contributed by atoms with Crippen LogP contribution in [0.5, 0.6) is 23.1 Å². The minimum absolute atomic E-state index is 0.0750. The predicted molar refractivity (Wildman–Crippen MR) is 150 cm³/mol. The van der Waals surface area contributed by atoms with E-state index in [1.54, 1.807) is 55.8 Å². The van der Waals surface area contributed by atoms with Crippen molar-refractivity contribution in [1.29, 1.82) is 0 Å². The summed E-state index contributed by atoms with van der Waals surface area (Å²) in [5.41, 5.74) is 0.624. The van der Waals surface area contributed by atoms with Gasteiger partial charge in [0.1, 0.15) is 24.3 Å². The Labute approximate surface area is 236 Å². The first-order valence-corrected chi connectivity index (χ1v) is 13.0. The summed E-state index contributed by atoms with van der Waals surface area (Å²) in [6.07, 6.45) is 7.40. The summed E-state index contributed by atoms with van der Waals surface area (Å²) < 4.78 is 23.6. The molecule has 1 aliphatic carbocycles. The molecule has 0 radical (unpaired) electrons. The fraction of sp³-hybridized carbons (Fsp3) is 0.357. The molecule has 0 bridgehead atoms. The van der Waals surface area contributed by atoms with Gasteiger partial charge in [-0.2, -0.15) is 5.10 Å². The van der Waals surface area contributed by atoms with Gasteiger partial charge in [-0.1, -0.05) is 0 Å². The van der Waals surface area contributed by atoms with E-state index in [1.165, 1.54) is 17.2 Å². The molecular weight excluding hydrogens is 530 g/mol. The molecule has 41 heavy (non-hydrogen) atoms. The van der Waals surface area contributed by atoms with Crippen molar-refractivity contribution in [2.75, 3.05) is 24.4 Å². The minimum atomic E-state index is -0.604. The molecular formula is C28H31N7O6. The molecule has 1 N–H and O–H groups in total. The van der Waals surface area contributed by atoms with Crippen LogP contribution in [0.15, 0.2) is 49.2 Å². The number of carbonyl (C=O) groups excluding carboxylic acids is 2. The average molecular weight is 562 g/mol. The molecule has 1 aromatic carbocycles. The molecule has 4 aromatic rings. The summed E-state index contributed by atoms with van der Waals surface area (Å²) in [6, 6.07) is 6.94. The van der Waals surface area contributed by atoms with Crippen molar-refractivity contribution >= 4 is 34.4 Å². The lowest BCUT2D eigenvalue weighted by atomic mass is 10.2. The van der Waals surface area contributed by atoms with E-state index in [4.69, 9.17) is 18.9 Å². The van der Waals surface area contributed by atoms with Crippen molar-refractivity contribution in [2.45, 2.75) is 51.8 Å². The molecule has 214 valence electrons. The summed E-state index contributed by atoms with van der Waals surface area (Å²) in [6.45, 7) is 5.41. The number of pyridine rings is 1. The Balaban J connectivity index is 1.22. The fourth-order valence-electron chi connectivity index (χ4n) is 4.08. The standard InChI is InChI=1S/C28H31N7O6/c1-28(2,3)41-27(37)35(17-6-7-17)18-8-9-24(29-12-18)33-25(36)15-34-14-19(13-32-34)40-26-20-10-22(38-4)23(39-5)11-21(20)30-16-31-26/h8-14,16-17H,6-7,15H2,1-5H3,(H,29,33,36). The Morgan fingerprint density at radius 2 is 1.80 bits per heavy atom. The van der Waals surface area contributed by atoms with Crippen LogP contribution in [0.3, 0.4) is 0 Å². The van der Waals surface area contributed by atoms with Gasteiger partial charge in [-0.25, -0.2) is 19.7 Å². The molecule has 0 spiro atoms. The van der Waals surface area contributed by atoms with Crippen LogP contribution >= 0.6 is 0 Å². The Hall–Kier alpha value is -4.94. The van der Waals surface area contributed by atoms with Crippen molar-refractivity contribution in [2.24, 2.45) is 0 Å². The Kier molecular flexibility index (Phi) is 7.60. The molecule has 3 heterocycles. The number of methoxy groups -OCH3 is 2. The van der Waals surface area contributed by atoms with E-state index >= 15 is 0 Å². The second kappa shape index (κ2) is 11.3. The van der Waals surface area contributed by atoms with Crippen LogP contribution in [0.25, 0.3) is 10.9 Å². The zero-order valence-corrected chi connectivity index (χ0v) is 23.5. The van der Waals surface area contributed by atoms with Crippen molar-refractivity contribution in [3.05, 3.63) is 49.2 Å². The molecule has 13 nitrogen and oxygen atoms in total. The molecule has 0 aliphatic heterocycles. The minimum Gasteiger partial charge on any atom is -0.493 e. The maximum atomic E-state index is 12.7. The maximum Gasteiger partial charge on any atom is 0.415 e. The van der Waals surface area contributed by atoms with Crippen LogP contribution in [0, 0.1) is 0 Å². The summed E-state index contributed by atoms with van der Waals surface area (Å²) in [5, 5.41) is 7.58. The van der Waals surface area contributed by atoms with Crippen LogP contribution in [-0.2, 0) is 16.1 Å². The van der Waals surface area contributed by atoms with Gasteiger partial charge in [-0.15, -0.1) is 0 Å². The lowest BCUT2D eigenvalue weighted by Gasteiger charge is -2.27.